The molecule has 1 aliphatic carbocycles. The van der Waals surface area contributed by atoms with Gasteiger partial charge in [-0.15, -0.1) is 0 Å². The molecule has 0 spiro atoms. The molecular formula is C35H41ClN4O5S. The lowest BCUT2D eigenvalue weighted by molar-refractivity contribution is -0.0530. The van der Waals surface area contributed by atoms with Gasteiger partial charge in [0.2, 0.25) is 10.0 Å². The number of fused-ring (bicyclic) bond motifs is 3. The fourth-order valence-electron chi connectivity index (χ4n) is 6.88. The molecule has 1 amide bonds. The van der Waals surface area contributed by atoms with Crippen LogP contribution in [0.25, 0.3) is 0 Å². The summed E-state index contributed by atoms with van der Waals surface area (Å²) >= 11 is 6.34. The number of allylic oxidation sites excluding steroid dienone is 1. The van der Waals surface area contributed by atoms with Crippen molar-refractivity contribution in [3.8, 4) is 5.75 Å². The van der Waals surface area contributed by atoms with Crippen molar-refractivity contribution in [1.82, 2.24) is 14.7 Å². The molecule has 1 saturated carbocycles. The Morgan fingerprint density at radius 1 is 1.09 bits per heavy atom. The number of aryl methyl sites for hydroxylation is 1. The zero-order valence-corrected chi connectivity index (χ0v) is 27.8. The lowest BCUT2D eigenvalue weighted by Gasteiger charge is -2.47. The lowest BCUT2D eigenvalue weighted by atomic mass is 9.63. The van der Waals surface area contributed by atoms with Crippen molar-refractivity contribution < 1.29 is 23.1 Å². The van der Waals surface area contributed by atoms with Gasteiger partial charge in [-0.05, 0) is 98.7 Å². The Labute approximate surface area is 276 Å². The van der Waals surface area contributed by atoms with Gasteiger partial charge in [0.1, 0.15) is 18.0 Å². The molecule has 1 fully saturated rings. The van der Waals surface area contributed by atoms with Crippen LogP contribution >= 0.6 is 11.6 Å². The minimum atomic E-state index is -4.00. The summed E-state index contributed by atoms with van der Waals surface area (Å²) in [5, 5.41) is 12.2. The van der Waals surface area contributed by atoms with E-state index in [-0.39, 0.29) is 23.3 Å². The number of rotatable bonds is 1. The average Bonchev–Trinajstić information content (AvgIpc) is 3.05. The molecule has 2 aromatic carbocycles. The fraction of sp³-hybridized carbons (Fsp3) is 0.457. The van der Waals surface area contributed by atoms with Gasteiger partial charge < -0.3 is 14.7 Å². The summed E-state index contributed by atoms with van der Waals surface area (Å²) in [5.41, 5.74) is 2.27. The molecule has 0 radical (unpaired) electrons. The van der Waals surface area contributed by atoms with Gasteiger partial charge in [-0.25, -0.2) is 13.1 Å². The predicted octanol–water partition coefficient (Wildman–Crippen LogP) is 5.81. The first-order chi connectivity index (χ1) is 22.0. The number of nitrogens with one attached hydrogen (secondary N) is 1. The number of ether oxygens (including phenoxy) is 1. The highest BCUT2D eigenvalue weighted by molar-refractivity contribution is 7.90. The summed E-state index contributed by atoms with van der Waals surface area (Å²) in [5.74, 6) is -0.410. The Balaban J connectivity index is 1.43. The van der Waals surface area contributed by atoms with Crippen LogP contribution in [0.1, 0.15) is 73.1 Å². The van der Waals surface area contributed by atoms with Crippen LogP contribution in [-0.2, 0) is 28.7 Å². The molecule has 0 unspecified atom stereocenters. The number of aromatic nitrogens is 2. The monoisotopic (exact) mass is 664 g/mol. The molecule has 2 aliphatic heterocycles. The van der Waals surface area contributed by atoms with E-state index in [1.807, 2.05) is 31.2 Å². The van der Waals surface area contributed by atoms with Crippen molar-refractivity contribution in [2.75, 3.05) is 18.0 Å². The van der Waals surface area contributed by atoms with Crippen LogP contribution in [0.5, 0.6) is 5.75 Å². The van der Waals surface area contributed by atoms with Crippen molar-refractivity contribution >= 4 is 33.2 Å². The Bertz CT molecular complexity index is 1720. The molecule has 2 N–H and O–H groups in total. The van der Waals surface area contributed by atoms with E-state index >= 15 is 0 Å². The number of hydrogen-bond acceptors (Lipinski definition) is 8. The number of carbonyl (C=O) groups is 1. The third-order valence-electron chi connectivity index (χ3n) is 10.1. The van der Waals surface area contributed by atoms with Gasteiger partial charge in [0, 0.05) is 42.0 Å². The van der Waals surface area contributed by atoms with Gasteiger partial charge in [-0.2, -0.15) is 0 Å². The van der Waals surface area contributed by atoms with Gasteiger partial charge in [0.25, 0.3) is 5.91 Å². The van der Waals surface area contributed by atoms with E-state index in [1.165, 1.54) is 0 Å². The predicted molar refractivity (Wildman–Crippen MR) is 178 cm³/mol. The molecule has 6 rings (SSSR count). The summed E-state index contributed by atoms with van der Waals surface area (Å²) in [7, 11) is -4.00. The lowest BCUT2D eigenvalue weighted by Crippen LogP contribution is -2.49. The molecule has 0 saturated heterocycles. The number of nitrogens with zero attached hydrogens (tertiary/aromatic N) is 3. The maximum Gasteiger partial charge on any atom is 0.264 e. The second-order valence-electron chi connectivity index (χ2n) is 12.9. The van der Waals surface area contributed by atoms with Gasteiger partial charge in [0.05, 0.1) is 22.8 Å². The van der Waals surface area contributed by atoms with E-state index in [0.717, 1.165) is 48.9 Å². The number of halogens is 1. The van der Waals surface area contributed by atoms with Crippen LogP contribution in [-0.4, -0.2) is 47.7 Å². The van der Waals surface area contributed by atoms with Crippen LogP contribution < -0.4 is 14.4 Å². The van der Waals surface area contributed by atoms with E-state index in [0.29, 0.717) is 42.6 Å². The van der Waals surface area contributed by atoms with Crippen molar-refractivity contribution in [3.05, 3.63) is 94.5 Å². The van der Waals surface area contributed by atoms with Crippen LogP contribution in [0.4, 0.5) is 5.69 Å². The zero-order valence-electron chi connectivity index (χ0n) is 26.2. The molecule has 3 heterocycles. The van der Waals surface area contributed by atoms with Crippen LogP contribution in [0.15, 0.2) is 67.1 Å². The van der Waals surface area contributed by atoms with Crippen molar-refractivity contribution in [1.29, 1.82) is 0 Å². The minimum absolute atomic E-state index is 0.118. The van der Waals surface area contributed by atoms with Gasteiger partial charge in [0.15, 0.2) is 0 Å². The second kappa shape index (κ2) is 13.3. The summed E-state index contributed by atoms with van der Waals surface area (Å²) < 4.78 is 35.5. The van der Waals surface area contributed by atoms with Crippen molar-refractivity contribution in [3.63, 3.8) is 0 Å². The number of carbonyl (C=O) groups excluding carboxylic acids is 1. The summed E-state index contributed by atoms with van der Waals surface area (Å²) in [6, 6.07) is 11.0. The molecule has 46 heavy (non-hydrogen) atoms. The molecule has 11 heteroatoms. The summed E-state index contributed by atoms with van der Waals surface area (Å²) in [6.07, 6.45) is 13.2. The highest BCUT2D eigenvalue weighted by atomic mass is 35.5. The standard InChI is InChI=1S/C35H41ClN4O5S/c1-23-6-5-14-35(42,33-20-37-15-16-38-33)30-12-9-27(30)21-40-17-4-3-7-25-18-29(36)11-8-28(25)22-45-32-13-10-26(19-31(32)40)34(41)39-46(43,44)24(23)2/h5,8,10-11,13-16,18-20,23-24,27,30,42H,3-4,6-7,9,12,17,21-22H2,1-2H3,(H,39,41)/b14-5+/t23-,24+,27-,30+,35-/m0/s1. The molecule has 2 bridgehead atoms. The van der Waals surface area contributed by atoms with Gasteiger partial charge in [-0.3, -0.25) is 14.8 Å². The highest BCUT2D eigenvalue weighted by Crippen LogP contribution is 2.48. The molecule has 9 nitrogen and oxygen atoms in total. The molecule has 5 atom stereocenters. The smallest absolute Gasteiger partial charge is 0.264 e. The fourth-order valence-corrected chi connectivity index (χ4v) is 8.35. The normalized spacial score (nSPS) is 29.0. The van der Waals surface area contributed by atoms with Crippen molar-refractivity contribution in [2.45, 2.75) is 69.8 Å². The quantitative estimate of drug-likeness (QED) is 0.313. The number of benzene rings is 2. The van der Waals surface area contributed by atoms with Crippen molar-refractivity contribution in [2.24, 2.45) is 17.8 Å². The Morgan fingerprint density at radius 3 is 2.70 bits per heavy atom. The molecule has 244 valence electrons. The first kappa shape index (κ1) is 32.5. The molecular weight excluding hydrogens is 624 g/mol. The molecule has 3 aliphatic rings. The first-order valence-corrected chi connectivity index (χ1v) is 18.0. The topological polar surface area (TPSA) is 122 Å². The first-order valence-electron chi connectivity index (χ1n) is 16.1. The summed E-state index contributed by atoms with van der Waals surface area (Å²) in [4.78, 5) is 24.4. The summed E-state index contributed by atoms with van der Waals surface area (Å²) in [6.45, 7) is 5.06. The zero-order chi connectivity index (χ0) is 32.5. The molecule has 1 aromatic heterocycles. The maximum atomic E-state index is 13.4. The number of hydrogen-bond donors (Lipinski definition) is 2. The number of anilines is 1. The molecule has 3 aromatic rings. The second-order valence-corrected chi connectivity index (χ2v) is 15.4. The Kier molecular flexibility index (Phi) is 9.41. The number of amides is 1. The maximum absolute atomic E-state index is 13.4. The van der Waals surface area contributed by atoms with Gasteiger partial charge in [-0.1, -0.05) is 36.7 Å². The largest absolute Gasteiger partial charge is 0.487 e. The van der Waals surface area contributed by atoms with Crippen LogP contribution in [0.3, 0.4) is 0 Å². The number of aliphatic hydroxyl groups is 1. The van der Waals surface area contributed by atoms with E-state index in [9.17, 15) is 18.3 Å². The number of sulfonamides is 1. The van der Waals surface area contributed by atoms with E-state index in [4.69, 9.17) is 16.3 Å². The van der Waals surface area contributed by atoms with E-state index in [1.54, 1.807) is 49.8 Å². The highest BCUT2D eigenvalue weighted by Gasteiger charge is 2.48. The third-order valence-corrected chi connectivity index (χ3v) is 12.2. The van der Waals surface area contributed by atoms with Crippen LogP contribution in [0.2, 0.25) is 5.02 Å². The Hall–Kier alpha value is -3.47. The van der Waals surface area contributed by atoms with E-state index in [2.05, 4.69) is 19.6 Å². The van der Waals surface area contributed by atoms with Crippen LogP contribution in [0, 0.1) is 17.8 Å². The minimum Gasteiger partial charge on any atom is -0.487 e. The SMILES string of the molecule is C[C@@H]1[C@@H](C)C/C=C/[C@@](O)(c2cnccn2)[C@@H]2CC[C@H]2CN2CCCCc3cc(Cl)ccc3COc3ccc(cc32)C(=O)NS1(=O)=O. The average molecular weight is 665 g/mol. The third kappa shape index (κ3) is 6.66. The van der Waals surface area contributed by atoms with E-state index < -0.39 is 26.8 Å². The Morgan fingerprint density at radius 2 is 1.93 bits per heavy atom. The van der Waals surface area contributed by atoms with Gasteiger partial charge >= 0.3 is 0 Å².